The fraction of sp³-hybridized carbons (Fsp3) is 0.0667. The average molecular weight is 314 g/mol. The van der Waals surface area contributed by atoms with Gasteiger partial charge >= 0.3 is 0 Å². The second-order valence-corrected chi connectivity index (χ2v) is 4.73. The molecule has 23 heavy (non-hydrogen) atoms. The van der Waals surface area contributed by atoms with Crippen LogP contribution in [0.25, 0.3) is 0 Å². The Morgan fingerprint density at radius 3 is 2.39 bits per heavy atom. The van der Waals surface area contributed by atoms with Gasteiger partial charge in [0.2, 0.25) is 5.91 Å². The van der Waals surface area contributed by atoms with Crippen LogP contribution in [0.15, 0.2) is 42.5 Å². The number of nitrogens with zero attached hydrogens (tertiary/aromatic N) is 1. The largest absolute Gasteiger partial charge is 0.380 e. The molecule has 2 amide bonds. The van der Waals surface area contributed by atoms with Gasteiger partial charge in [-0.25, -0.2) is 0 Å². The predicted octanol–water partition coefficient (Wildman–Crippen LogP) is 1.40. The van der Waals surface area contributed by atoms with Crippen molar-refractivity contribution in [1.82, 2.24) is 0 Å². The standard InChI is InChI=1S/C15H14N4O4/c16-14(20)9-5-6-10(13(7-9)19(22)23)8-18-12-4-2-1-3-11(12)15(17)21/h1-7,18H,8H2,(H2,16,20)(H2,17,21). The molecule has 5 N–H and O–H groups in total. The highest BCUT2D eigenvalue weighted by Crippen LogP contribution is 2.22. The second-order valence-electron chi connectivity index (χ2n) is 4.73. The van der Waals surface area contributed by atoms with E-state index in [4.69, 9.17) is 11.5 Å². The third-order valence-electron chi connectivity index (χ3n) is 3.23. The zero-order valence-electron chi connectivity index (χ0n) is 12.0. The summed E-state index contributed by atoms with van der Waals surface area (Å²) in [4.78, 5) is 33.0. The van der Waals surface area contributed by atoms with E-state index in [0.717, 1.165) is 6.07 Å². The third-order valence-corrected chi connectivity index (χ3v) is 3.23. The van der Waals surface area contributed by atoms with E-state index in [2.05, 4.69) is 5.32 Å². The molecule has 118 valence electrons. The maximum absolute atomic E-state index is 11.4. The summed E-state index contributed by atoms with van der Waals surface area (Å²) in [6, 6.07) is 10.5. The van der Waals surface area contributed by atoms with E-state index in [0.29, 0.717) is 11.3 Å². The Bertz CT molecular complexity index is 789. The number of para-hydroxylation sites is 1. The van der Waals surface area contributed by atoms with Crippen molar-refractivity contribution < 1.29 is 14.5 Å². The predicted molar refractivity (Wildman–Crippen MR) is 83.9 cm³/mol. The number of benzene rings is 2. The summed E-state index contributed by atoms with van der Waals surface area (Å²) in [6.45, 7) is 0.0830. The van der Waals surface area contributed by atoms with Crippen molar-refractivity contribution in [3.8, 4) is 0 Å². The molecular weight excluding hydrogens is 300 g/mol. The molecule has 0 aliphatic heterocycles. The molecule has 0 radical (unpaired) electrons. The molecule has 0 fully saturated rings. The van der Waals surface area contributed by atoms with Crippen molar-refractivity contribution in [3.05, 3.63) is 69.3 Å². The Hall–Kier alpha value is -3.42. The third kappa shape index (κ3) is 3.62. The number of nitrogens with one attached hydrogen (secondary N) is 1. The number of hydrogen-bond donors (Lipinski definition) is 3. The zero-order valence-corrected chi connectivity index (χ0v) is 12.0. The van der Waals surface area contributed by atoms with Gasteiger partial charge in [0.15, 0.2) is 0 Å². The minimum absolute atomic E-state index is 0.0537. The first-order valence-corrected chi connectivity index (χ1v) is 6.60. The molecule has 2 rings (SSSR count). The van der Waals surface area contributed by atoms with Gasteiger partial charge in [-0.15, -0.1) is 0 Å². The smallest absolute Gasteiger partial charge is 0.275 e. The number of anilines is 1. The quantitative estimate of drug-likeness (QED) is 0.546. The van der Waals surface area contributed by atoms with E-state index in [-0.39, 0.29) is 23.4 Å². The van der Waals surface area contributed by atoms with Crippen molar-refractivity contribution in [2.45, 2.75) is 6.54 Å². The van der Waals surface area contributed by atoms with E-state index in [9.17, 15) is 19.7 Å². The Balaban J connectivity index is 2.29. The van der Waals surface area contributed by atoms with Crippen molar-refractivity contribution in [2.24, 2.45) is 11.5 Å². The van der Waals surface area contributed by atoms with Gasteiger partial charge in [0, 0.05) is 29.4 Å². The van der Waals surface area contributed by atoms with Crippen molar-refractivity contribution in [2.75, 3.05) is 5.32 Å². The molecule has 8 nitrogen and oxygen atoms in total. The molecule has 8 heteroatoms. The minimum atomic E-state index is -0.744. The van der Waals surface area contributed by atoms with Crippen molar-refractivity contribution >= 4 is 23.2 Å². The SMILES string of the molecule is NC(=O)c1ccc(CNc2ccccc2C(N)=O)c([N+](=O)[O-])c1. The molecule has 2 aromatic carbocycles. The molecule has 0 aliphatic carbocycles. The first-order valence-electron chi connectivity index (χ1n) is 6.60. The number of carbonyl (C=O) groups excluding carboxylic acids is 2. The van der Waals surface area contributed by atoms with Crippen LogP contribution in [0.5, 0.6) is 0 Å². The lowest BCUT2D eigenvalue weighted by Gasteiger charge is -2.10. The molecule has 0 unspecified atom stereocenters. The summed E-state index contributed by atoms with van der Waals surface area (Å²) in [5, 5.41) is 14.1. The first kappa shape index (κ1) is 16.0. The van der Waals surface area contributed by atoms with Crippen molar-refractivity contribution in [1.29, 1.82) is 0 Å². The number of hydrogen-bond acceptors (Lipinski definition) is 5. The van der Waals surface area contributed by atoms with Crippen LogP contribution in [0, 0.1) is 10.1 Å². The summed E-state index contributed by atoms with van der Waals surface area (Å²) >= 11 is 0. The van der Waals surface area contributed by atoms with E-state index in [1.165, 1.54) is 12.1 Å². The number of nitrogens with two attached hydrogens (primary N) is 2. The van der Waals surface area contributed by atoms with Crippen LogP contribution >= 0.6 is 0 Å². The highest BCUT2D eigenvalue weighted by atomic mass is 16.6. The lowest BCUT2D eigenvalue weighted by Crippen LogP contribution is -2.15. The monoisotopic (exact) mass is 314 g/mol. The van der Waals surface area contributed by atoms with E-state index < -0.39 is 16.7 Å². The van der Waals surface area contributed by atoms with Gasteiger partial charge in [-0.05, 0) is 24.3 Å². The molecule has 0 bridgehead atoms. The Morgan fingerprint density at radius 1 is 1.09 bits per heavy atom. The highest BCUT2D eigenvalue weighted by Gasteiger charge is 2.17. The topological polar surface area (TPSA) is 141 Å². The number of primary amides is 2. The lowest BCUT2D eigenvalue weighted by molar-refractivity contribution is -0.385. The van der Waals surface area contributed by atoms with E-state index >= 15 is 0 Å². The van der Waals surface area contributed by atoms with Crippen LogP contribution in [0.4, 0.5) is 11.4 Å². The zero-order chi connectivity index (χ0) is 17.0. The van der Waals surface area contributed by atoms with Crippen LogP contribution < -0.4 is 16.8 Å². The van der Waals surface area contributed by atoms with E-state index in [1.807, 2.05) is 0 Å². The maximum Gasteiger partial charge on any atom is 0.275 e. The Labute approximate surface area is 131 Å². The van der Waals surface area contributed by atoms with Gasteiger partial charge in [-0.1, -0.05) is 12.1 Å². The number of amides is 2. The summed E-state index contributed by atoms with van der Waals surface area (Å²) < 4.78 is 0. The number of nitro groups is 1. The summed E-state index contributed by atoms with van der Waals surface area (Å²) in [7, 11) is 0. The molecule has 0 aromatic heterocycles. The summed E-state index contributed by atoms with van der Waals surface area (Å²) in [5.41, 5.74) is 11.3. The molecular formula is C15H14N4O4. The van der Waals surface area contributed by atoms with E-state index in [1.54, 1.807) is 24.3 Å². The Kier molecular flexibility index (Phi) is 4.55. The van der Waals surface area contributed by atoms with Gasteiger partial charge in [0.25, 0.3) is 11.6 Å². The van der Waals surface area contributed by atoms with Crippen LogP contribution in [-0.4, -0.2) is 16.7 Å². The molecule has 0 saturated heterocycles. The maximum atomic E-state index is 11.4. The fourth-order valence-corrected chi connectivity index (χ4v) is 2.08. The van der Waals surface area contributed by atoms with Gasteiger partial charge in [-0.2, -0.15) is 0 Å². The molecule has 2 aromatic rings. The molecule has 0 aliphatic rings. The lowest BCUT2D eigenvalue weighted by atomic mass is 10.1. The second kappa shape index (κ2) is 6.56. The normalized spacial score (nSPS) is 10.1. The fourth-order valence-electron chi connectivity index (χ4n) is 2.08. The van der Waals surface area contributed by atoms with Gasteiger partial charge in [0.1, 0.15) is 0 Å². The van der Waals surface area contributed by atoms with Crippen molar-refractivity contribution in [3.63, 3.8) is 0 Å². The molecule has 0 atom stereocenters. The number of nitro benzene ring substituents is 1. The minimum Gasteiger partial charge on any atom is -0.380 e. The van der Waals surface area contributed by atoms with Gasteiger partial charge < -0.3 is 16.8 Å². The van der Waals surface area contributed by atoms with Crippen LogP contribution in [-0.2, 0) is 6.54 Å². The molecule has 0 heterocycles. The van der Waals surface area contributed by atoms with Crippen LogP contribution in [0.2, 0.25) is 0 Å². The summed E-state index contributed by atoms with van der Waals surface area (Å²) in [6.07, 6.45) is 0. The first-order chi connectivity index (χ1) is 10.9. The average Bonchev–Trinajstić information content (AvgIpc) is 2.52. The highest BCUT2D eigenvalue weighted by molar-refractivity contribution is 5.98. The number of rotatable bonds is 6. The summed E-state index contributed by atoms with van der Waals surface area (Å²) in [5.74, 6) is -1.35. The number of carbonyl (C=O) groups is 2. The van der Waals surface area contributed by atoms with Gasteiger partial charge in [-0.3, -0.25) is 19.7 Å². The molecule has 0 saturated carbocycles. The van der Waals surface area contributed by atoms with Crippen LogP contribution in [0.1, 0.15) is 26.3 Å². The Morgan fingerprint density at radius 2 is 1.78 bits per heavy atom. The molecule has 0 spiro atoms. The van der Waals surface area contributed by atoms with Crippen LogP contribution in [0.3, 0.4) is 0 Å². The van der Waals surface area contributed by atoms with Gasteiger partial charge in [0.05, 0.1) is 10.5 Å².